The normalized spacial score (nSPS) is 12.3. The van der Waals surface area contributed by atoms with E-state index in [9.17, 15) is 9.90 Å². The fraction of sp³-hybridized carbons (Fsp3) is 0.731. The number of carbonyl (C=O) groups is 1. The highest BCUT2D eigenvalue weighted by molar-refractivity contribution is 5.74. The molecule has 0 aliphatic heterocycles. The maximum absolute atomic E-state index is 11.1. The van der Waals surface area contributed by atoms with Gasteiger partial charge in [-0.15, -0.1) is 0 Å². The average molecular weight is 403 g/mol. The van der Waals surface area contributed by atoms with Gasteiger partial charge in [-0.1, -0.05) is 104 Å². The summed E-state index contributed by atoms with van der Waals surface area (Å²) in [5, 5.41) is 14.6. The Morgan fingerprint density at radius 3 is 1.76 bits per heavy atom. The van der Waals surface area contributed by atoms with Crippen molar-refractivity contribution in [2.75, 3.05) is 11.9 Å². The first-order chi connectivity index (χ1) is 14.0. The van der Waals surface area contributed by atoms with Crippen LogP contribution in [0.2, 0.25) is 0 Å². The molecule has 0 radical (unpaired) electrons. The van der Waals surface area contributed by atoms with Crippen molar-refractivity contribution in [1.82, 2.24) is 0 Å². The van der Waals surface area contributed by atoms with Crippen molar-refractivity contribution in [3.8, 4) is 0 Å². The molecule has 0 aliphatic rings. The van der Waals surface area contributed by atoms with E-state index in [0.717, 1.165) is 23.7 Å². The summed E-state index contributed by atoms with van der Waals surface area (Å²) in [6.45, 7) is 7.49. The summed E-state index contributed by atoms with van der Waals surface area (Å²) in [5.74, 6) is -0.635. The summed E-state index contributed by atoms with van der Waals surface area (Å²) in [7, 11) is 0. The zero-order valence-electron chi connectivity index (χ0n) is 19.2. The molecular formula is C26H44NO2-. The highest BCUT2D eigenvalue weighted by atomic mass is 16.4. The van der Waals surface area contributed by atoms with Crippen LogP contribution in [0, 0.1) is 5.92 Å². The Bertz CT molecular complexity index is 524. The molecule has 0 saturated heterocycles. The first kappa shape index (κ1) is 25.5. The summed E-state index contributed by atoms with van der Waals surface area (Å²) in [6, 6.07) is 7.75. The van der Waals surface area contributed by atoms with E-state index in [1.165, 1.54) is 77.0 Å². The molecule has 1 rings (SSSR count). The Morgan fingerprint density at radius 1 is 0.828 bits per heavy atom. The van der Waals surface area contributed by atoms with Crippen LogP contribution < -0.4 is 10.4 Å². The summed E-state index contributed by atoms with van der Waals surface area (Å²) in [5.41, 5.74) is 1.89. The van der Waals surface area contributed by atoms with E-state index < -0.39 is 11.9 Å². The topological polar surface area (TPSA) is 52.2 Å². The number of anilines is 1. The monoisotopic (exact) mass is 402 g/mol. The van der Waals surface area contributed by atoms with Crippen molar-refractivity contribution in [2.24, 2.45) is 5.92 Å². The summed E-state index contributed by atoms with van der Waals surface area (Å²) >= 11 is 0. The lowest BCUT2D eigenvalue weighted by Gasteiger charge is -2.17. The minimum atomic E-state index is -0.991. The van der Waals surface area contributed by atoms with Crippen LogP contribution in [-0.4, -0.2) is 12.5 Å². The van der Waals surface area contributed by atoms with E-state index >= 15 is 0 Å². The van der Waals surface area contributed by atoms with Gasteiger partial charge in [-0.25, -0.2) is 0 Å². The second-order valence-electron chi connectivity index (χ2n) is 8.90. The average Bonchev–Trinajstić information content (AvgIpc) is 2.69. The van der Waals surface area contributed by atoms with Gasteiger partial charge in [-0.3, -0.25) is 0 Å². The molecule has 29 heavy (non-hydrogen) atoms. The van der Waals surface area contributed by atoms with E-state index in [1.54, 1.807) is 0 Å². The second kappa shape index (κ2) is 16.3. The van der Waals surface area contributed by atoms with Crippen LogP contribution in [-0.2, 0) is 4.79 Å². The van der Waals surface area contributed by atoms with Crippen LogP contribution in [0.4, 0.5) is 5.69 Å². The number of carboxylic acids is 1. The Kier molecular flexibility index (Phi) is 14.4. The standard InChI is InChI=1S/C26H45NO2/c1-4-25(26(28)29)23-17-19-24(20-18-23)27-21-15-13-11-9-7-5-6-8-10-12-14-16-22(2)3/h17-20,22,25,27H,4-16,21H2,1-3H3,(H,28,29)/p-1. The number of hydrogen-bond acceptors (Lipinski definition) is 3. The van der Waals surface area contributed by atoms with Gasteiger partial charge in [0.15, 0.2) is 0 Å². The van der Waals surface area contributed by atoms with Crippen molar-refractivity contribution in [3.05, 3.63) is 29.8 Å². The fourth-order valence-electron chi connectivity index (χ4n) is 3.87. The van der Waals surface area contributed by atoms with Gasteiger partial charge < -0.3 is 15.2 Å². The summed E-state index contributed by atoms with van der Waals surface area (Å²) in [6.07, 6.45) is 17.0. The molecule has 0 fully saturated rings. The second-order valence-corrected chi connectivity index (χ2v) is 8.90. The molecule has 1 aromatic carbocycles. The highest BCUT2D eigenvalue weighted by Crippen LogP contribution is 2.21. The molecule has 0 aliphatic carbocycles. The molecule has 1 aromatic rings. The van der Waals surface area contributed by atoms with E-state index in [2.05, 4.69) is 19.2 Å². The van der Waals surface area contributed by atoms with Crippen molar-refractivity contribution < 1.29 is 9.90 Å². The largest absolute Gasteiger partial charge is 0.549 e. The van der Waals surface area contributed by atoms with Gasteiger partial charge in [0.2, 0.25) is 0 Å². The zero-order valence-corrected chi connectivity index (χ0v) is 19.2. The molecule has 1 unspecified atom stereocenters. The van der Waals surface area contributed by atoms with Crippen LogP contribution >= 0.6 is 0 Å². The molecule has 0 bridgehead atoms. The SMILES string of the molecule is CCC(C(=O)[O-])c1ccc(NCCCCCCCCCCCCCC(C)C)cc1. The van der Waals surface area contributed by atoms with Gasteiger partial charge in [0, 0.05) is 24.1 Å². The van der Waals surface area contributed by atoms with Gasteiger partial charge in [-0.2, -0.15) is 0 Å². The van der Waals surface area contributed by atoms with E-state index in [0.29, 0.717) is 6.42 Å². The summed E-state index contributed by atoms with van der Waals surface area (Å²) in [4.78, 5) is 11.1. The fourth-order valence-corrected chi connectivity index (χ4v) is 3.87. The van der Waals surface area contributed by atoms with Gasteiger partial charge in [-0.05, 0) is 36.5 Å². The zero-order chi connectivity index (χ0) is 21.3. The Balaban J connectivity index is 1.95. The Morgan fingerprint density at radius 2 is 1.31 bits per heavy atom. The lowest BCUT2D eigenvalue weighted by Crippen LogP contribution is -2.29. The molecular weight excluding hydrogens is 358 g/mol. The third kappa shape index (κ3) is 12.6. The lowest BCUT2D eigenvalue weighted by atomic mass is 9.96. The van der Waals surface area contributed by atoms with Crippen LogP contribution in [0.25, 0.3) is 0 Å². The maximum atomic E-state index is 11.1. The number of rotatable bonds is 18. The van der Waals surface area contributed by atoms with Crippen LogP contribution in [0.15, 0.2) is 24.3 Å². The molecule has 0 heterocycles. The number of carbonyl (C=O) groups excluding carboxylic acids is 1. The molecule has 1 N–H and O–H groups in total. The predicted molar refractivity (Wildman–Crippen MR) is 123 cm³/mol. The minimum Gasteiger partial charge on any atom is -0.549 e. The van der Waals surface area contributed by atoms with Crippen LogP contribution in [0.1, 0.15) is 116 Å². The number of unbranched alkanes of at least 4 members (excludes halogenated alkanes) is 10. The quantitative estimate of drug-likeness (QED) is 0.279. The Labute approximate surface area is 179 Å². The lowest BCUT2D eigenvalue weighted by molar-refractivity contribution is -0.308. The van der Waals surface area contributed by atoms with Gasteiger partial charge in [0.05, 0.1) is 0 Å². The third-order valence-electron chi connectivity index (χ3n) is 5.79. The maximum Gasteiger partial charge on any atom is 0.0489 e. The number of hydrogen-bond donors (Lipinski definition) is 1. The highest BCUT2D eigenvalue weighted by Gasteiger charge is 2.09. The predicted octanol–water partition coefficient (Wildman–Crippen LogP) is 6.68. The number of nitrogens with one attached hydrogen (secondary N) is 1. The molecule has 1 atom stereocenters. The van der Waals surface area contributed by atoms with Gasteiger partial charge in [0.25, 0.3) is 0 Å². The van der Waals surface area contributed by atoms with Gasteiger partial charge in [0.1, 0.15) is 0 Å². The van der Waals surface area contributed by atoms with Crippen molar-refractivity contribution in [2.45, 2.75) is 110 Å². The van der Waals surface area contributed by atoms with Crippen molar-refractivity contribution in [1.29, 1.82) is 0 Å². The summed E-state index contributed by atoms with van der Waals surface area (Å²) < 4.78 is 0. The number of aliphatic carboxylic acids is 1. The van der Waals surface area contributed by atoms with E-state index in [-0.39, 0.29) is 0 Å². The molecule has 166 valence electrons. The first-order valence-electron chi connectivity index (χ1n) is 12.1. The molecule has 0 aromatic heterocycles. The first-order valence-corrected chi connectivity index (χ1v) is 12.1. The minimum absolute atomic E-state index is 0.506. The molecule has 3 nitrogen and oxygen atoms in total. The van der Waals surface area contributed by atoms with Crippen LogP contribution in [0.3, 0.4) is 0 Å². The molecule has 3 heteroatoms. The van der Waals surface area contributed by atoms with Crippen molar-refractivity contribution in [3.63, 3.8) is 0 Å². The van der Waals surface area contributed by atoms with Crippen molar-refractivity contribution >= 4 is 11.7 Å². The molecule has 0 saturated carbocycles. The molecule has 0 amide bonds. The number of carboxylic acid groups (broad SMARTS) is 1. The van der Waals surface area contributed by atoms with Crippen LogP contribution in [0.5, 0.6) is 0 Å². The molecule has 0 spiro atoms. The van der Waals surface area contributed by atoms with E-state index in [4.69, 9.17) is 0 Å². The Hall–Kier alpha value is -1.51. The smallest absolute Gasteiger partial charge is 0.0489 e. The van der Waals surface area contributed by atoms with E-state index in [1.807, 2.05) is 31.2 Å². The van der Waals surface area contributed by atoms with Gasteiger partial charge >= 0.3 is 0 Å². The third-order valence-corrected chi connectivity index (χ3v) is 5.79. The number of benzene rings is 1.